The second-order valence-corrected chi connectivity index (χ2v) is 4.60. The van der Waals surface area contributed by atoms with Crippen LogP contribution in [0.4, 0.5) is 0 Å². The maximum atomic E-state index is 11.0. The topological polar surface area (TPSA) is 73.6 Å². The Hall–Kier alpha value is -2.14. The van der Waals surface area contributed by atoms with Gasteiger partial charge in [0.1, 0.15) is 5.65 Å². The molecule has 0 radical (unpaired) electrons. The van der Waals surface area contributed by atoms with Gasteiger partial charge in [-0.2, -0.15) is 0 Å². The smallest absolute Gasteiger partial charge is 0.341 e. The van der Waals surface area contributed by atoms with Crippen LogP contribution >= 0.6 is 0 Å². The van der Waals surface area contributed by atoms with Crippen LogP contribution in [0.2, 0.25) is 0 Å². The fourth-order valence-electron chi connectivity index (χ4n) is 2.28. The molecular formula is C14H16N4O. The molecule has 5 heteroatoms. The van der Waals surface area contributed by atoms with Crippen molar-refractivity contribution in [3.63, 3.8) is 0 Å². The highest BCUT2D eigenvalue weighted by Crippen LogP contribution is 2.21. The number of benzene rings is 1. The molecule has 0 saturated carbocycles. The van der Waals surface area contributed by atoms with Gasteiger partial charge in [0.05, 0.1) is 0 Å². The van der Waals surface area contributed by atoms with E-state index >= 15 is 0 Å². The molecule has 2 aromatic heterocycles. The van der Waals surface area contributed by atoms with Crippen LogP contribution in [0, 0.1) is 0 Å². The van der Waals surface area contributed by atoms with Crippen LogP contribution in [0.3, 0.4) is 0 Å². The summed E-state index contributed by atoms with van der Waals surface area (Å²) in [6, 6.07) is 7.87. The number of aromatic amines is 2. The van der Waals surface area contributed by atoms with Gasteiger partial charge in [-0.05, 0) is 32.0 Å². The van der Waals surface area contributed by atoms with Gasteiger partial charge in [-0.25, -0.2) is 9.78 Å². The molecule has 5 nitrogen and oxygen atoms in total. The summed E-state index contributed by atoms with van der Waals surface area (Å²) in [7, 11) is 0. The lowest BCUT2D eigenvalue weighted by Gasteiger charge is -1.87. The molecule has 3 heterocycles. The minimum Gasteiger partial charge on any atom is -0.341 e. The number of nitrogens with zero attached hydrogens (tertiary/aromatic N) is 1. The largest absolute Gasteiger partial charge is 0.346 e. The van der Waals surface area contributed by atoms with E-state index in [-0.39, 0.29) is 5.69 Å². The number of rotatable bonds is 0. The fraction of sp³-hybridized carbons (Fsp3) is 0.286. The van der Waals surface area contributed by atoms with Gasteiger partial charge in [-0.1, -0.05) is 18.2 Å². The van der Waals surface area contributed by atoms with Crippen molar-refractivity contribution in [3.05, 3.63) is 40.9 Å². The highest BCUT2D eigenvalue weighted by Gasteiger charge is 2.03. The second-order valence-electron chi connectivity index (χ2n) is 4.60. The van der Waals surface area contributed by atoms with E-state index in [1.54, 1.807) is 6.20 Å². The Morgan fingerprint density at radius 2 is 1.79 bits per heavy atom. The number of nitrogens with one attached hydrogen (secondary N) is 3. The minimum absolute atomic E-state index is 0.330. The third-order valence-corrected chi connectivity index (χ3v) is 3.25. The number of H-pyrrole nitrogens is 2. The molecule has 3 N–H and O–H groups in total. The molecule has 98 valence electrons. The monoisotopic (exact) mass is 256 g/mol. The average molecular weight is 256 g/mol. The summed E-state index contributed by atoms with van der Waals surface area (Å²) in [5, 5.41) is 5.24. The Kier molecular flexibility index (Phi) is 3.29. The summed E-state index contributed by atoms with van der Waals surface area (Å²) in [5.41, 5.74) is 1.40. The van der Waals surface area contributed by atoms with Crippen LogP contribution < -0.4 is 11.0 Å². The summed E-state index contributed by atoms with van der Waals surface area (Å²) in [6.45, 7) is 2.50. The number of aromatic nitrogens is 3. The molecule has 1 saturated heterocycles. The molecule has 0 bridgehead atoms. The number of hydrogen-bond acceptors (Lipinski definition) is 3. The van der Waals surface area contributed by atoms with Crippen LogP contribution in [0.5, 0.6) is 0 Å². The van der Waals surface area contributed by atoms with Crippen molar-refractivity contribution in [2.75, 3.05) is 13.1 Å². The molecule has 4 rings (SSSR count). The van der Waals surface area contributed by atoms with E-state index in [1.807, 2.05) is 24.3 Å². The van der Waals surface area contributed by atoms with Crippen molar-refractivity contribution in [2.45, 2.75) is 12.8 Å². The third kappa shape index (κ3) is 2.51. The first-order valence-corrected chi connectivity index (χ1v) is 6.51. The predicted molar refractivity (Wildman–Crippen MR) is 76.3 cm³/mol. The van der Waals surface area contributed by atoms with Gasteiger partial charge in [0.2, 0.25) is 0 Å². The first-order chi connectivity index (χ1) is 9.34. The molecule has 1 aliphatic heterocycles. The SMILES string of the molecule is C1CCNC1.O=c1ncc2c([nH]1)[nH]c1ccccc12. The lowest BCUT2D eigenvalue weighted by Crippen LogP contribution is -2.07. The molecule has 1 fully saturated rings. The Bertz CT molecular complexity index is 732. The maximum absolute atomic E-state index is 11.0. The van der Waals surface area contributed by atoms with Crippen molar-refractivity contribution in [2.24, 2.45) is 0 Å². The third-order valence-electron chi connectivity index (χ3n) is 3.25. The zero-order valence-corrected chi connectivity index (χ0v) is 10.6. The molecule has 3 aromatic rings. The van der Waals surface area contributed by atoms with E-state index in [2.05, 4.69) is 20.3 Å². The van der Waals surface area contributed by atoms with E-state index in [0.29, 0.717) is 0 Å². The normalized spacial score (nSPS) is 14.5. The van der Waals surface area contributed by atoms with Gasteiger partial charge < -0.3 is 10.3 Å². The first-order valence-electron chi connectivity index (χ1n) is 6.51. The Balaban J connectivity index is 0.000000187. The Labute approximate surface area is 110 Å². The summed E-state index contributed by atoms with van der Waals surface area (Å²) >= 11 is 0. The molecular weight excluding hydrogens is 240 g/mol. The van der Waals surface area contributed by atoms with Crippen molar-refractivity contribution >= 4 is 21.9 Å². The zero-order valence-electron chi connectivity index (χ0n) is 10.6. The molecule has 0 aliphatic carbocycles. The van der Waals surface area contributed by atoms with Gasteiger partial charge in [-0.15, -0.1) is 0 Å². The van der Waals surface area contributed by atoms with Crippen molar-refractivity contribution in [3.8, 4) is 0 Å². The quantitative estimate of drug-likeness (QED) is 0.574. The highest BCUT2D eigenvalue weighted by atomic mass is 16.1. The van der Waals surface area contributed by atoms with Gasteiger partial charge in [-0.3, -0.25) is 4.98 Å². The molecule has 0 atom stereocenters. The molecule has 0 amide bonds. The molecule has 19 heavy (non-hydrogen) atoms. The van der Waals surface area contributed by atoms with Crippen molar-refractivity contribution in [1.82, 2.24) is 20.3 Å². The van der Waals surface area contributed by atoms with Crippen molar-refractivity contribution < 1.29 is 0 Å². The minimum atomic E-state index is -0.330. The van der Waals surface area contributed by atoms with E-state index in [4.69, 9.17) is 0 Å². The number of para-hydroxylation sites is 1. The first kappa shape index (κ1) is 11.9. The number of fused-ring (bicyclic) bond motifs is 3. The predicted octanol–water partition coefficient (Wildman–Crippen LogP) is 1.77. The number of hydrogen-bond donors (Lipinski definition) is 3. The highest BCUT2D eigenvalue weighted by molar-refractivity contribution is 6.05. The maximum Gasteiger partial charge on any atom is 0.346 e. The summed E-state index contributed by atoms with van der Waals surface area (Å²) in [5.74, 6) is 0. The molecule has 0 unspecified atom stereocenters. The van der Waals surface area contributed by atoms with Crippen LogP contribution in [-0.2, 0) is 0 Å². The average Bonchev–Trinajstić information content (AvgIpc) is 3.09. The van der Waals surface area contributed by atoms with E-state index in [0.717, 1.165) is 21.9 Å². The van der Waals surface area contributed by atoms with E-state index in [1.165, 1.54) is 25.9 Å². The van der Waals surface area contributed by atoms with Crippen LogP contribution in [0.15, 0.2) is 35.3 Å². The lowest BCUT2D eigenvalue weighted by molar-refractivity contribution is 0.857. The molecule has 1 aromatic carbocycles. The van der Waals surface area contributed by atoms with Gasteiger partial charge in [0, 0.05) is 22.5 Å². The summed E-state index contributed by atoms with van der Waals surface area (Å²) < 4.78 is 0. The van der Waals surface area contributed by atoms with Gasteiger partial charge >= 0.3 is 5.69 Å². The molecule has 1 aliphatic rings. The molecule has 0 spiro atoms. The van der Waals surface area contributed by atoms with Gasteiger partial charge in [0.25, 0.3) is 0 Å². The zero-order chi connectivity index (χ0) is 13.1. The van der Waals surface area contributed by atoms with Crippen molar-refractivity contribution in [1.29, 1.82) is 0 Å². The van der Waals surface area contributed by atoms with E-state index in [9.17, 15) is 4.79 Å². The van der Waals surface area contributed by atoms with Crippen LogP contribution in [0.1, 0.15) is 12.8 Å². The summed E-state index contributed by atoms with van der Waals surface area (Å²) in [4.78, 5) is 20.5. The van der Waals surface area contributed by atoms with Crippen LogP contribution in [-0.4, -0.2) is 28.0 Å². The second kappa shape index (κ2) is 5.24. The van der Waals surface area contributed by atoms with E-state index < -0.39 is 0 Å². The Morgan fingerprint density at radius 1 is 1.00 bits per heavy atom. The van der Waals surface area contributed by atoms with Crippen LogP contribution in [0.25, 0.3) is 21.9 Å². The summed E-state index contributed by atoms with van der Waals surface area (Å²) in [6.07, 6.45) is 4.37. The fourth-order valence-corrected chi connectivity index (χ4v) is 2.28. The van der Waals surface area contributed by atoms with Gasteiger partial charge in [0.15, 0.2) is 0 Å². The Morgan fingerprint density at radius 3 is 2.53 bits per heavy atom. The standard InChI is InChI=1S/C10H7N3O.C4H9N/c14-10-11-5-7-6-3-1-2-4-8(6)12-9(7)13-10;1-2-4-5-3-1/h1-5H,(H2,11,12,13,14);5H,1-4H2. The lowest BCUT2D eigenvalue weighted by atomic mass is 10.2.